The Hall–Kier alpha value is -2.86. The van der Waals surface area contributed by atoms with E-state index in [0.29, 0.717) is 17.9 Å². The number of rotatable bonds is 10. The molecular weight excluding hydrogens is 352 g/mol. The molecule has 0 saturated carbocycles. The Balaban J connectivity index is 1.47. The van der Waals surface area contributed by atoms with Crippen molar-refractivity contribution in [2.45, 2.75) is 32.9 Å². The van der Waals surface area contributed by atoms with Crippen molar-refractivity contribution in [1.29, 1.82) is 0 Å². The zero-order valence-corrected chi connectivity index (χ0v) is 16.8. The Bertz CT molecular complexity index is 831. The summed E-state index contributed by atoms with van der Waals surface area (Å²) < 4.78 is 10.5. The van der Waals surface area contributed by atoms with Gasteiger partial charge in [0.15, 0.2) is 0 Å². The highest BCUT2D eigenvalue weighted by Crippen LogP contribution is 2.20. The van der Waals surface area contributed by atoms with E-state index in [1.165, 1.54) is 5.56 Å². The minimum Gasteiger partial charge on any atom is -0.497 e. The maximum absolute atomic E-state index is 5.31. The van der Waals surface area contributed by atoms with Gasteiger partial charge < -0.3 is 14.6 Å². The highest BCUT2D eigenvalue weighted by molar-refractivity contribution is 5.56. The van der Waals surface area contributed by atoms with Crippen LogP contribution in [0.3, 0.4) is 0 Å². The normalized spacial score (nSPS) is 11.2. The zero-order chi connectivity index (χ0) is 19.8. The van der Waals surface area contributed by atoms with E-state index in [2.05, 4.69) is 64.5 Å². The maximum atomic E-state index is 5.31. The summed E-state index contributed by atoms with van der Waals surface area (Å²) in [6.45, 7) is 7.20. The number of ether oxygens (including phenoxy) is 1. The summed E-state index contributed by atoms with van der Waals surface area (Å²) in [6, 6.07) is 19.1. The SMILES string of the molecule is COc1ccc(-c2noc(NCCCN(Cc3ccccc3)C(C)C)n2)cc1. The number of anilines is 1. The van der Waals surface area contributed by atoms with Gasteiger partial charge in [-0.2, -0.15) is 4.98 Å². The van der Waals surface area contributed by atoms with E-state index in [4.69, 9.17) is 9.26 Å². The van der Waals surface area contributed by atoms with Crippen LogP contribution in [0.1, 0.15) is 25.8 Å². The second-order valence-corrected chi connectivity index (χ2v) is 6.98. The van der Waals surface area contributed by atoms with Gasteiger partial charge in [-0.15, -0.1) is 0 Å². The summed E-state index contributed by atoms with van der Waals surface area (Å²) in [7, 11) is 1.64. The van der Waals surface area contributed by atoms with E-state index in [0.717, 1.165) is 37.4 Å². The predicted molar refractivity (Wildman–Crippen MR) is 111 cm³/mol. The van der Waals surface area contributed by atoms with E-state index in [-0.39, 0.29) is 0 Å². The van der Waals surface area contributed by atoms with Gasteiger partial charge in [-0.1, -0.05) is 35.5 Å². The minimum atomic E-state index is 0.449. The quantitative estimate of drug-likeness (QED) is 0.524. The van der Waals surface area contributed by atoms with Gasteiger partial charge in [-0.3, -0.25) is 4.90 Å². The fourth-order valence-electron chi connectivity index (χ4n) is 2.97. The summed E-state index contributed by atoms with van der Waals surface area (Å²) in [5, 5.41) is 7.26. The number of hydrogen-bond acceptors (Lipinski definition) is 6. The fraction of sp³-hybridized carbons (Fsp3) is 0.364. The molecule has 0 aliphatic heterocycles. The molecule has 0 atom stereocenters. The number of benzene rings is 2. The molecule has 148 valence electrons. The van der Waals surface area contributed by atoms with Crippen LogP contribution >= 0.6 is 0 Å². The van der Waals surface area contributed by atoms with Crippen LogP contribution < -0.4 is 10.1 Å². The first-order chi connectivity index (χ1) is 13.7. The molecule has 0 radical (unpaired) electrons. The standard InChI is InChI=1S/C22H28N4O2/c1-17(2)26(16-18-8-5-4-6-9-18)15-7-14-23-22-24-21(25-28-22)19-10-12-20(27-3)13-11-19/h4-6,8-13,17H,7,14-16H2,1-3H3,(H,23,24,25). The Morgan fingerprint density at radius 2 is 1.82 bits per heavy atom. The maximum Gasteiger partial charge on any atom is 0.321 e. The third-order valence-electron chi connectivity index (χ3n) is 4.63. The Morgan fingerprint density at radius 3 is 2.50 bits per heavy atom. The molecule has 0 aliphatic carbocycles. The van der Waals surface area contributed by atoms with Crippen LogP contribution in [0.2, 0.25) is 0 Å². The van der Waals surface area contributed by atoms with Crippen molar-refractivity contribution in [2.24, 2.45) is 0 Å². The van der Waals surface area contributed by atoms with Crippen LogP contribution in [-0.4, -0.2) is 41.3 Å². The summed E-state index contributed by atoms with van der Waals surface area (Å²) in [6.07, 6.45) is 0.991. The lowest BCUT2D eigenvalue weighted by molar-refractivity contribution is 0.212. The van der Waals surface area contributed by atoms with Gasteiger partial charge in [-0.05, 0) is 50.1 Å². The molecule has 28 heavy (non-hydrogen) atoms. The average molecular weight is 380 g/mol. The number of nitrogens with one attached hydrogen (secondary N) is 1. The highest BCUT2D eigenvalue weighted by atomic mass is 16.5. The number of aromatic nitrogens is 2. The van der Waals surface area contributed by atoms with Crippen molar-refractivity contribution >= 4 is 6.01 Å². The molecule has 0 aliphatic rings. The van der Waals surface area contributed by atoms with Crippen LogP contribution in [0, 0.1) is 0 Å². The third kappa shape index (κ3) is 5.57. The van der Waals surface area contributed by atoms with Crippen molar-refractivity contribution in [3.63, 3.8) is 0 Å². The largest absolute Gasteiger partial charge is 0.497 e. The van der Waals surface area contributed by atoms with Crippen LogP contribution in [0.15, 0.2) is 59.1 Å². The van der Waals surface area contributed by atoms with Gasteiger partial charge in [0.1, 0.15) is 5.75 Å². The van der Waals surface area contributed by atoms with Crippen LogP contribution in [0.4, 0.5) is 6.01 Å². The average Bonchev–Trinajstić information content (AvgIpc) is 3.20. The molecule has 0 amide bonds. The van der Waals surface area contributed by atoms with Gasteiger partial charge in [0.25, 0.3) is 0 Å². The molecule has 1 heterocycles. The van der Waals surface area contributed by atoms with Crippen molar-refractivity contribution < 1.29 is 9.26 Å². The molecule has 3 aromatic rings. The lowest BCUT2D eigenvalue weighted by atomic mass is 10.2. The lowest BCUT2D eigenvalue weighted by Gasteiger charge is -2.26. The molecule has 0 saturated heterocycles. The van der Waals surface area contributed by atoms with Crippen LogP contribution in [-0.2, 0) is 6.54 Å². The Morgan fingerprint density at radius 1 is 1.07 bits per heavy atom. The molecule has 6 heteroatoms. The number of nitrogens with zero attached hydrogens (tertiary/aromatic N) is 3. The molecule has 0 fully saturated rings. The molecular formula is C22H28N4O2. The second kappa shape index (κ2) is 9.90. The van der Waals surface area contributed by atoms with Crippen molar-refractivity contribution in [1.82, 2.24) is 15.0 Å². The third-order valence-corrected chi connectivity index (χ3v) is 4.63. The molecule has 0 unspecified atom stereocenters. The molecule has 6 nitrogen and oxygen atoms in total. The molecule has 3 rings (SSSR count). The summed E-state index contributed by atoms with van der Waals surface area (Å²) >= 11 is 0. The molecule has 1 aromatic heterocycles. The molecule has 1 N–H and O–H groups in total. The predicted octanol–water partition coefficient (Wildman–Crippen LogP) is 4.46. The van der Waals surface area contributed by atoms with E-state index in [9.17, 15) is 0 Å². The van der Waals surface area contributed by atoms with E-state index < -0.39 is 0 Å². The van der Waals surface area contributed by atoms with Gasteiger partial charge in [0.05, 0.1) is 7.11 Å². The smallest absolute Gasteiger partial charge is 0.321 e. The second-order valence-electron chi connectivity index (χ2n) is 6.98. The fourth-order valence-corrected chi connectivity index (χ4v) is 2.97. The first-order valence-corrected chi connectivity index (χ1v) is 9.65. The Labute approximate surface area is 166 Å². The Kier molecular flexibility index (Phi) is 7.03. The van der Waals surface area contributed by atoms with E-state index in [1.807, 2.05) is 24.3 Å². The molecule has 2 aromatic carbocycles. The molecule has 0 bridgehead atoms. The first-order valence-electron chi connectivity index (χ1n) is 9.65. The zero-order valence-electron chi connectivity index (χ0n) is 16.8. The summed E-state index contributed by atoms with van der Waals surface area (Å²) in [5.41, 5.74) is 2.23. The monoisotopic (exact) mass is 380 g/mol. The first kappa shape index (κ1) is 19.9. The van der Waals surface area contributed by atoms with Gasteiger partial charge in [-0.25, -0.2) is 0 Å². The summed E-state index contributed by atoms with van der Waals surface area (Å²) in [5.74, 6) is 1.37. The van der Waals surface area contributed by atoms with Crippen molar-refractivity contribution in [2.75, 3.05) is 25.5 Å². The number of methoxy groups -OCH3 is 1. The number of hydrogen-bond donors (Lipinski definition) is 1. The highest BCUT2D eigenvalue weighted by Gasteiger charge is 2.11. The van der Waals surface area contributed by atoms with Gasteiger partial charge >= 0.3 is 6.01 Å². The van der Waals surface area contributed by atoms with Gasteiger partial charge in [0.2, 0.25) is 5.82 Å². The molecule has 0 spiro atoms. The minimum absolute atomic E-state index is 0.449. The lowest BCUT2D eigenvalue weighted by Crippen LogP contribution is -2.32. The van der Waals surface area contributed by atoms with E-state index in [1.54, 1.807) is 7.11 Å². The van der Waals surface area contributed by atoms with Crippen molar-refractivity contribution in [3.8, 4) is 17.1 Å². The van der Waals surface area contributed by atoms with Crippen LogP contribution in [0.5, 0.6) is 5.75 Å². The van der Waals surface area contributed by atoms with Gasteiger partial charge in [0, 0.05) is 31.2 Å². The summed E-state index contributed by atoms with van der Waals surface area (Å²) in [4.78, 5) is 6.88. The van der Waals surface area contributed by atoms with Crippen molar-refractivity contribution in [3.05, 3.63) is 60.2 Å². The van der Waals surface area contributed by atoms with E-state index >= 15 is 0 Å². The topological polar surface area (TPSA) is 63.4 Å². The van der Waals surface area contributed by atoms with Crippen LogP contribution in [0.25, 0.3) is 11.4 Å².